The molecule has 1 aromatic heterocycles. The summed E-state index contributed by atoms with van der Waals surface area (Å²) in [5.41, 5.74) is 2.64. The Morgan fingerprint density at radius 3 is 2.42 bits per heavy atom. The zero-order valence-electron chi connectivity index (χ0n) is 17.6. The molecule has 2 amide bonds. The van der Waals surface area contributed by atoms with E-state index >= 15 is 0 Å². The summed E-state index contributed by atoms with van der Waals surface area (Å²) >= 11 is 3.38. The Balaban J connectivity index is 1.58. The second-order valence-corrected chi connectivity index (χ2v) is 8.20. The zero-order valence-corrected chi connectivity index (χ0v) is 19.1. The molecule has 0 saturated carbocycles. The van der Waals surface area contributed by atoms with Crippen molar-refractivity contribution in [2.75, 3.05) is 10.6 Å². The third kappa shape index (κ3) is 5.07. The van der Waals surface area contributed by atoms with Gasteiger partial charge in [0, 0.05) is 21.3 Å². The summed E-state index contributed by atoms with van der Waals surface area (Å²) in [6, 6.07) is 21.1. The number of aryl methyl sites for hydroxylation is 1. The standard InChI is InChI=1S/C25H19BrN4O3/c1-15-6-5-9-18(12-15)29-24(32)21-22(28-14-27-21)25(33)30-20-11-10-17(26)13-19(20)23(31)16-7-3-2-4-8-16/h2-14H,1H3,(H,27,28)(H,29,32)(H,30,33). The van der Waals surface area contributed by atoms with Gasteiger partial charge in [0.25, 0.3) is 11.8 Å². The number of halogens is 1. The first kappa shape index (κ1) is 22.2. The van der Waals surface area contributed by atoms with Crippen molar-refractivity contribution in [3.05, 3.63) is 112 Å². The number of aromatic amines is 1. The molecule has 0 unspecified atom stereocenters. The van der Waals surface area contributed by atoms with E-state index in [2.05, 4.69) is 36.5 Å². The molecule has 0 atom stereocenters. The van der Waals surface area contributed by atoms with Crippen molar-refractivity contribution in [2.45, 2.75) is 6.92 Å². The van der Waals surface area contributed by atoms with Crippen molar-refractivity contribution >= 4 is 44.9 Å². The molecular weight excluding hydrogens is 484 g/mol. The molecule has 7 nitrogen and oxygen atoms in total. The number of nitrogens with zero attached hydrogens (tertiary/aromatic N) is 1. The van der Waals surface area contributed by atoms with Crippen LogP contribution in [0.4, 0.5) is 11.4 Å². The fourth-order valence-corrected chi connectivity index (χ4v) is 3.66. The summed E-state index contributed by atoms with van der Waals surface area (Å²) in [7, 11) is 0. The van der Waals surface area contributed by atoms with Crippen LogP contribution in [0.5, 0.6) is 0 Å². The smallest absolute Gasteiger partial charge is 0.276 e. The molecule has 3 aromatic carbocycles. The molecule has 4 aromatic rings. The molecule has 0 aliphatic rings. The lowest BCUT2D eigenvalue weighted by atomic mass is 10.0. The van der Waals surface area contributed by atoms with Gasteiger partial charge >= 0.3 is 0 Å². The maximum Gasteiger partial charge on any atom is 0.276 e. The van der Waals surface area contributed by atoms with E-state index in [-0.39, 0.29) is 17.2 Å². The number of imidazole rings is 1. The molecule has 0 fully saturated rings. The quantitative estimate of drug-likeness (QED) is 0.314. The minimum atomic E-state index is -0.591. The van der Waals surface area contributed by atoms with Crippen LogP contribution in [0.3, 0.4) is 0 Å². The van der Waals surface area contributed by atoms with Crippen LogP contribution < -0.4 is 10.6 Å². The minimum Gasteiger partial charge on any atom is -0.340 e. The van der Waals surface area contributed by atoms with E-state index in [1.54, 1.807) is 48.5 Å². The van der Waals surface area contributed by atoms with Gasteiger partial charge in [-0.15, -0.1) is 0 Å². The number of hydrogen-bond acceptors (Lipinski definition) is 4. The van der Waals surface area contributed by atoms with Crippen LogP contribution in [0.2, 0.25) is 0 Å². The Morgan fingerprint density at radius 2 is 1.67 bits per heavy atom. The first-order valence-electron chi connectivity index (χ1n) is 10.0. The number of ketones is 1. The molecule has 3 N–H and O–H groups in total. The van der Waals surface area contributed by atoms with Crippen molar-refractivity contribution in [1.29, 1.82) is 0 Å². The maximum absolute atomic E-state index is 13.0. The van der Waals surface area contributed by atoms with Gasteiger partial charge < -0.3 is 15.6 Å². The molecular formula is C25H19BrN4O3. The summed E-state index contributed by atoms with van der Waals surface area (Å²) in [6.45, 7) is 1.91. The fraction of sp³-hybridized carbons (Fsp3) is 0.0400. The van der Waals surface area contributed by atoms with Gasteiger partial charge in [-0.05, 0) is 42.8 Å². The van der Waals surface area contributed by atoms with E-state index < -0.39 is 11.8 Å². The number of hydrogen-bond donors (Lipinski definition) is 3. The van der Waals surface area contributed by atoms with Gasteiger partial charge in [0.2, 0.25) is 0 Å². The zero-order chi connectivity index (χ0) is 23.4. The predicted octanol–water partition coefficient (Wildman–Crippen LogP) is 5.22. The predicted molar refractivity (Wildman–Crippen MR) is 130 cm³/mol. The molecule has 0 bridgehead atoms. The van der Waals surface area contributed by atoms with Crippen molar-refractivity contribution < 1.29 is 14.4 Å². The molecule has 0 radical (unpaired) electrons. The molecule has 164 valence electrons. The van der Waals surface area contributed by atoms with Gasteiger partial charge in [-0.25, -0.2) is 4.98 Å². The lowest BCUT2D eigenvalue weighted by molar-refractivity contribution is 0.0985. The molecule has 1 heterocycles. The lowest BCUT2D eigenvalue weighted by Gasteiger charge is -2.11. The second-order valence-electron chi connectivity index (χ2n) is 7.29. The number of anilines is 2. The summed E-state index contributed by atoms with van der Waals surface area (Å²) in [5.74, 6) is -1.36. The highest BCUT2D eigenvalue weighted by atomic mass is 79.9. The first-order chi connectivity index (χ1) is 15.9. The molecule has 0 spiro atoms. The average molecular weight is 503 g/mol. The molecule has 0 aliphatic carbocycles. The number of carbonyl (C=O) groups excluding carboxylic acids is 3. The van der Waals surface area contributed by atoms with Crippen molar-refractivity contribution in [2.24, 2.45) is 0 Å². The van der Waals surface area contributed by atoms with Crippen LogP contribution >= 0.6 is 15.9 Å². The van der Waals surface area contributed by atoms with Crippen LogP contribution in [0.1, 0.15) is 42.5 Å². The Morgan fingerprint density at radius 1 is 0.879 bits per heavy atom. The van der Waals surface area contributed by atoms with Crippen LogP contribution in [0.25, 0.3) is 0 Å². The molecule has 4 rings (SSSR count). The average Bonchev–Trinajstić information content (AvgIpc) is 3.31. The number of benzene rings is 3. The van der Waals surface area contributed by atoms with Crippen LogP contribution in [-0.2, 0) is 0 Å². The van der Waals surface area contributed by atoms with Gasteiger partial charge in [0.1, 0.15) is 5.69 Å². The fourth-order valence-electron chi connectivity index (χ4n) is 3.30. The van der Waals surface area contributed by atoms with E-state index in [4.69, 9.17) is 0 Å². The van der Waals surface area contributed by atoms with E-state index in [9.17, 15) is 14.4 Å². The Bertz CT molecular complexity index is 1350. The summed E-state index contributed by atoms with van der Waals surface area (Å²) < 4.78 is 0.694. The normalized spacial score (nSPS) is 10.5. The molecule has 0 aliphatic heterocycles. The van der Waals surface area contributed by atoms with Gasteiger partial charge in [0.15, 0.2) is 11.5 Å². The largest absolute Gasteiger partial charge is 0.340 e. The number of amides is 2. The lowest BCUT2D eigenvalue weighted by Crippen LogP contribution is -2.21. The number of H-pyrrole nitrogens is 1. The Kier molecular flexibility index (Phi) is 6.46. The van der Waals surface area contributed by atoms with Crippen molar-refractivity contribution in [1.82, 2.24) is 9.97 Å². The highest BCUT2D eigenvalue weighted by Crippen LogP contribution is 2.25. The highest BCUT2D eigenvalue weighted by Gasteiger charge is 2.23. The van der Waals surface area contributed by atoms with E-state index in [1.807, 2.05) is 31.2 Å². The van der Waals surface area contributed by atoms with Gasteiger partial charge in [0.05, 0.1) is 12.0 Å². The number of carbonyl (C=O) groups is 3. The number of rotatable bonds is 6. The van der Waals surface area contributed by atoms with Crippen LogP contribution in [0.15, 0.2) is 83.6 Å². The first-order valence-corrected chi connectivity index (χ1v) is 10.8. The maximum atomic E-state index is 13.0. The molecule has 33 heavy (non-hydrogen) atoms. The molecule has 8 heteroatoms. The van der Waals surface area contributed by atoms with E-state index in [0.717, 1.165) is 5.56 Å². The van der Waals surface area contributed by atoms with E-state index in [1.165, 1.54) is 6.33 Å². The highest BCUT2D eigenvalue weighted by molar-refractivity contribution is 9.10. The van der Waals surface area contributed by atoms with Crippen LogP contribution in [-0.4, -0.2) is 27.6 Å². The van der Waals surface area contributed by atoms with Crippen molar-refractivity contribution in [3.8, 4) is 0 Å². The Labute approximate surface area is 198 Å². The topological polar surface area (TPSA) is 104 Å². The minimum absolute atomic E-state index is 0.0128. The third-order valence-electron chi connectivity index (χ3n) is 4.87. The van der Waals surface area contributed by atoms with Gasteiger partial charge in [-0.3, -0.25) is 14.4 Å². The third-order valence-corrected chi connectivity index (χ3v) is 5.36. The van der Waals surface area contributed by atoms with Crippen LogP contribution in [0, 0.1) is 6.92 Å². The van der Waals surface area contributed by atoms with Crippen molar-refractivity contribution in [3.63, 3.8) is 0 Å². The van der Waals surface area contributed by atoms with Gasteiger partial charge in [-0.1, -0.05) is 58.4 Å². The second kappa shape index (κ2) is 9.62. The number of nitrogens with one attached hydrogen (secondary N) is 3. The monoisotopic (exact) mass is 502 g/mol. The summed E-state index contributed by atoms with van der Waals surface area (Å²) in [4.78, 5) is 45.5. The van der Waals surface area contributed by atoms with Gasteiger partial charge in [-0.2, -0.15) is 0 Å². The SMILES string of the molecule is Cc1cccc(NC(=O)c2nc[nH]c2C(=O)Nc2ccc(Br)cc2C(=O)c2ccccc2)c1. The number of aromatic nitrogens is 2. The summed E-state index contributed by atoms with van der Waals surface area (Å²) in [6.07, 6.45) is 1.28. The van der Waals surface area contributed by atoms with E-state index in [0.29, 0.717) is 27.0 Å². The Hall–Kier alpha value is -4.04. The molecule has 0 saturated heterocycles. The summed E-state index contributed by atoms with van der Waals surface area (Å²) in [5, 5.41) is 5.47.